The van der Waals surface area contributed by atoms with E-state index in [0.717, 1.165) is 98.4 Å². The Morgan fingerprint density at radius 1 is 0.346 bits per heavy atom. The Morgan fingerprint density at radius 3 is 0.962 bits per heavy atom. The van der Waals surface area contributed by atoms with Gasteiger partial charge >= 0.3 is 0 Å². The summed E-state index contributed by atoms with van der Waals surface area (Å²) in [5.74, 6) is 0. The minimum Gasteiger partial charge on any atom is -0.308 e. The zero-order valence-corrected chi connectivity index (χ0v) is 32.6. The van der Waals surface area contributed by atoms with Crippen molar-refractivity contribution in [2.24, 2.45) is 0 Å². The molecule has 0 fully saturated rings. The van der Waals surface area contributed by atoms with Gasteiger partial charge in [0.05, 0.1) is 33.1 Å². The van der Waals surface area contributed by atoms with Crippen LogP contribution in [0, 0.1) is 0 Å². The monoisotopic (exact) mass is 684 g/mol. The molecule has 0 saturated heterocycles. The molecule has 4 nitrogen and oxygen atoms in total. The van der Waals surface area contributed by atoms with E-state index in [0.29, 0.717) is 0 Å². The van der Waals surface area contributed by atoms with E-state index >= 15 is 0 Å². The highest BCUT2D eigenvalue weighted by Gasteiger charge is 2.28. The van der Waals surface area contributed by atoms with Crippen LogP contribution in [-0.2, 0) is 21.7 Å². The van der Waals surface area contributed by atoms with Crippen LogP contribution in [0.4, 0.5) is 0 Å². The van der Waals surface area contributed by atoms with Gasteiger partial charge < -0.3 is 8.80 Å². The number of benzene rings is 5. The summed E-state index contributed by atoms with van der Waals surface area (Å²) in [7, 11) is 0. The highest BCUT2D eigenvalue weighted by molar-refractivity contribution is 6.32. The van der Waals surface area contributed by atoms with E-state index in [4.69, 9.17) is 0 Å². The van der Waals surface area contributed by atoms with Crippen LogP contribution in [0.3, 0.4) is 0 Å². The molecule has 262 valence electrons. The van der Waals surface area contributed by atoms with Crippen molar-refractivity contribution in [2.45, 2.75) is 105 Å². The van der Waals surface area contributed by atoms with Crippen LogP contribution in [0.1, 0.15) is 105 Å². The molecule has 0 bridgehead atoms. The molecule has 4 heteroatoms. The summed E-state index contributed by atoms with van der Waals surface area (Å²) in [6.07, 6.45) is 0. The summed E-state index contributed by atoms with van der Waals surface area (Å²) in [6, 6.07) is 26.3. The van der Waals surface area contributed by atoms with Gasteiger partial charge in [0.15, 0.2) is 10.9 Å². The van der Waals surface area contributed by atoms with Crippen LogP contribution >= 0.6 is 0 Å². The molecule has 52 heavy (non-hydrogen) atoms. The van der Waals surface area contributed by atoms with Crippen molar-refractivity contribution >= 4 is 76.2 Å². The second-order valence-electron chi connectivity index (χ2n) is 19.5. The number of pyridine rings is 2. The summed E-state index contributed by atoms with van der Waals surface area (Å²) in [4.78, 5) is 29.4. The van der Waals surface area contributed by atoms with Crippen molar-refractivity contribution in [1.82, 2.24) is 8.80 Å². The molecule has 4 aromatic heterocycles. The van der Waals surface area contributed by atoms with Gasteiger partial charge in [0, 0.05) is 43.1 Å². The first-order valence-electron chi connectivity index (χ1n) is 18.7. The number of nitrogens with zero attached hydrogens (tertiary/aromatic N) is 2. The second kappa shape index (κ2) is 9.92. The summed E-state index contributed by atoms with van der Waals surface area (Å²) >= 11 is 0. The molecule has 9 rings (SSSR count). The molecule has 0 atom stereocenters. The zero-order valence-electron chi connectivity index (χ0n) is 32.6. The lowest BCUT2D eigenvalue weighted by Gasteiger charge is -2.21. The van der Waals surface area contributed by atoms with Crippen LogP contribution in [0.25, 0.3) is 76.2 Å². The Kier molecular flexibility index (Phi) is 6.28. The van der Waals surface area contributed by atoms with Crippen LogP contribution in [0.2, 0.25) is 0 Å². The number of aromatic nitrogens is 2. The Morgan fingerprint density at radius 2 is 0.635 bits per heavy atom. The predicted octanol–water partition coefficient (Wildman–Crippen LogP) is 11.9. The second-order valence-corrected chi connectivity index (χ2v) is 19.5. The van der Waals surface area contributed by atoms with E-state index in [1.165, 1.54) is 0 Å². The molecule has 0 amide bonds. The molecule has 9 aromatic rings. The third-order valence-corrected chi connectivity index (χ3v) is 11.8. The van der Waals surface area contributed by atoms with Crippen molar-refractivity contribution in [3.63, 3.8) is 0 Å². The Labute approximate surface area is 304 Å². The van der Waals surface area contributed by atoms with Crippen molar-refractivity contribution in [3.8, 4) is 0 Å². The van der Waals surface area contributed by atoms with E-state index in [2.05, 4.69) is 165 Å². The van der Waals surface area contributed by atoms with Gasteiger partial charge in [0.1, 0.15) is 0 Å². The standard InChI is InChI=1S/C48H48N2O2/c1-45(2,3)25-13-15-35-29(19-25)43(51)33-23-27(47(7,8)9)21-31-39-37(49(35)41(31)33)17-18-38-40(39)32-22-28(48(10,11)12)24-34-42(32)50(38)36-16-14-26(46(4,5)6)20-30(36)44(34)52/h13-24H,1-12H3. The fourth-order valence-electron chi connectivity index (χ4n) is 8.63. The Hall–Kier alpha value is -4.96. The van der Waals surface area contributed by atoms with Gasteiger partial charge in [0.25, 0.3) is 0 Å². The molecule has 0 N–H and O–H groups in total. The Balaban J connectivity index is 1.60. The van der Waals surface area contributed by atoms with E-state index in [9.17, 15) is 9.59 Å². The molecule has 5 aromatic carbocycles. The quantitative estimate of drug-likeness (QED) is 0.149. The molecular weight excluding hydrogens is 637 g/mol. The van der Waals surface area contributed by atoms with Gasteiger partial charge in [-0.15, -0.1) is 0 Å². The van der Waals surface area contributed by atoms with Gasteiger partial charge in [-0.3, -0.25) is 9.59 Å². The maximum Gasteiger partial charge on any atom is 0.197 e. The van der Waals surface area contributed by atoms with Crippen LogP contribution in [0.5, 0.6) is 0 Å². The van der Waals surface area contributed by atoms with Crippen molar-refractivity contribution in [2.75, 3.05) is 0 Å². The smallest absolute Gasteiger partial charge is 0.197 e. The van der Waals surface area contributed by atoms with E-state index < -0.39 is 0 Å². The number of hydrogen-bond donors (Lipinski definition) is 0. The minimum absolute atomic E-state index is 0.0792. The third-order valence-electron chi connectivity index (χ3n) is 11.8. The van der Waals surface area contributed by atoms with Crippen LogP contribution < -0.4 is 10.9 Å². The lowest BCUT2D eigenvalue weighted by Crippen LogP contribution is -2.15. The average Bonchev–Trinajstić information content (AvgIpc) is 3.57. The van der Waals surface area contributed by atoms with Crippen molar-refractivity contribution < 1.29 is 0 Å². The highest BCUT2D eigenvalue weighted by Crippen LogP contribution is 2.46. The summed E-state index contributed by atoms with van der Waals surface area (Å²) in [6.45, 7) is 26.5. The molecule has 4 heterocycles. The first kappa shape index (κ1) is 32.9. The summed E-state index contributed by atoms with van der Waals surface area (Å²) in [5.41, 5.74) is 10.1. The zero-order chi connectivity index (χ0) is 37.2. The van der Waals surface area contributed by atoms with E-state index in [1.807, 2.05) is 0 Å². The van der Waals surface area contributed by atoms with Crippen molar-refractivity contribution in [3.05, 3.63) is 115 Å². The normalized spacial score (nSPS) is 13.9. The lowest BCUT2D eigenvalue weighted by molar-refractivity contribution is 0.590. The summed E-state index contributed by atoms with van der Waals surface area (Å²) < 4.78 is 4.67. The van der Waals surface area contributed by atoms with Gasteiger partial charge in [-0.2, -0.15) is 0 Å². The fourth-order valence-corrected chi connectivity index (χ4v) is 8.63. The first-order valence-corrected chi connectivity index (χ1v) is 18.7. The van der Waals surface area contributed by atoms with Gasteiger partial charge in [-0.25, -0.2) is 0 Å². The topological polar surface area (TPSA) is 43.0 Å². The van der Waals surface area contributed by atoms with Gasteiger partial charge in [0.2, 0.25) is 0 Å². The molecule has 0 unspecified atom stereocenters. The molecule has 0 radical (unpaired) electrons. The van der Waals surface area contributed by atoms with Gasteiger partial charge in [-0.1, -0.05) is 95.2 Å². The maximum atomic E-state index is 14.7. The third kappa shape index (κ3) is 4.33. The largest absolute Gasteiger partial charge is 0.308 e. The molecule has 0 aliphatic carbocycles. The number of fused-ring (bicyclic) bond motifs is 11. The van der Waals surface area contributed by atoms with Crippen LogP contribution in [-0.4, -0.2) is 8.80 Å². The SMILES string of the molecule is CC(C)(C)c1ccc2c(c1)c(=O)c1cc(C(C)(C)C)cc3c4c5c6cc(C(C)(C)C)cc7c(=O)c8cc(C(C)(C)C)ccc8n(c5ccc4n2c13)c76. The van der Waals surface area contributed by atoms with Crippen molar-refractivity contribution in [1.29, 1.82) is 0 Å². The molecule has 0 saturated carbocycles. The number of hydrogen-bond acceptors (Lipinski definition) is 2. The molecule has 0 aliphatic heterocycles. The Bertz CT molecular complexity index is 2910. The van der Waals surface area contributed by atoms with Crippen LogP contribution in [0.15, 0.2) is 82.4 Å². The maximum absolute atomic E-state index is 14.7. The fraction of sp³-hybridized carbons (Fsp3) is 0.333. The molecular formula is C48H48N2O2. The molecule has 0 aliphatic rings. The van der Waals surface area contributed by atoms with Gasteiger partial charge in [-0.05, 0) is 105 Å². The minimum atomic E-state index is -0.180. The lowest BCUT2D eigenvalue weighted by atomic mass is 9.84. The van der Waals surface area contributed by atoms with E-state index in [-0.39, 0.29) is 32.5 Å². The number of rotatable bonds is 0. The van der Waals surface area contributed by atoms with E-state index in [1.54, 1.807) is 0 Å². The highest BCUT2D eigenvalue weighted by atomic mass is 16.1. The average molecular weight is 685 g/mol. The summed E-state index contributed by atoms with van der Waals surface area (Å²) in [5, 5.41) is 7.42. The predicted molar refractivity (Wildman–Crippen MR) is 223 cm³/mol. The first-order chi connectivity index (χ1) is 24.2. The molecule has 0 spiro atoms.